The average molecular weight is 503 g/mol. The van der Waals surface area contributed by atoms with Crippen LogP contribution >= 0.6 is 0 Å². The van der Waals surface area contributed by atoms with E-state index in [0.29, 0.717) is 12.3 Å². The van der Waals surface area contributed by atoms with Gasteiger partial charge in [-0.2, -0.15) is 4.31 Å². The van der Waals surface area contributed by atoms with Crippen LogP contribution in [0.15, 0.2) is 47.4 Å². The maximum Gasteiger partial charge on any atom is 0.247 e. The molecule has 1 heterocycles. The molecule has 1 aliphatic carbocycles. The molecule has 1 amide bonds. The van der Waals surface area contributed by atoms with Gasteiger partial charge in [-0.3, -0.25) is 4.79 Å². The van der Waals surface area contributed by atoms with Gasteiger partial charge >= 0.3 is 0 Å². The summed E-state index contributed by atoms with van der Waals surface area (Å²) in [6.45, 7) is 3.84. The zero-order valence-electron chi connectivity index (χ0n) is 20.7. The van der Waals surface area contributed by atoms with Gasteiger partial charge in [0.15, 0.2) is 0 Å². The van der Waals surface area contributed by atoms with E-state index in [1.165, 1.54) is 4.31 Å². The quantitative estimate of drug-likeness (QED) is 0.625. The van der Waals surface area contributed by atoms with E-state index < -0.39 is 22.2 Å². The smallest absolute Gasteiger partial charge is 0.247 e. The van der Waals surface area contributed by atoms with Crippen LogP contribution in [-0.4, -0.2) is 74.6 Å². The van der Waals surface area contributed by atoms with Gasteiger partial charge in [-0.1, -0.05) is 25.1 Å². The van der Waals surface area contributed by atoms with Gasteiger partial charge in [0, 0.05) is 31.5 Å². The third kappa shape index (κ3) is 5.32. The lowest BCUT2D eigenvalue weighted by atomic mass is 10.0. The molecule has 1 saturated carbocycles. The maximum atomic E-state index is 13.7. The summed E-state index contributed by atoms with van der Waals surface area (Å²) >= 11 is 0. The fraction of sp³-hybridized carbons (Fsp3) is 0.500. The van der Waals surface area contributed by atoms with E-state index >= 15 is 0 Å². The van der Waals surface area contributed by atoms with E-state index in [1.54, 1.807) is 44.2 Å². The number of fused-ring (bicyclic) bond motifs is 1. The summed E-state index contributed by atoms with van der Waals surface area (Å²) in [6, 6.07) is 12.0. The topological polar surface area (TPSA) is 96.4 Å². The Bertz CT molecular complexity index is 1180. The van der Waals surface area contributed by atoms with E-state index in [4.69, 9.17) is 9.47 Å². The molecule has 3 atom stereocenters. The number of likely N-dealkylation sites (N-methyl/N-ethyl adjacent to an activating group) is 1. The van der Waals surface area contributed by atoms with Crippen LogP contribution in [0.4, 0.5) is 0 Å². The molecule has 0 saturated heterocycles. The predicted octanol–water partition coefficient (Wildman–Crippen LogP) is 3.00. The molecule has 35 heavy (non-hydrogen) atoms. The SMILES string of the molecule is COc1cccc(-c2ccc3c(c2)O[C@@H](CN(C)C(=O)C2CC2)[C@@H](C)CN([C@H](C)CO)S3(=O)=O)c1. The molecule has 2 aromatic rings. The van der Waals surface area contributed by atoms with Crippen molar-refractivity contribution in [3.8, 4) is 22.6 Å². The Morgan fingerprint density at radius 2 is 1.94 bits per heavy atom. The van der Waals surface area contributed by atoms with Gasteiger partial charge in [0.25, 0.3) is 0 Å². The Hall–Kier alpha value is -2.62. The number of aliphatic hydroxyl groups is 1. The molecule has 1 fully saturated rings. The average Bonchev–Trinajstić information content (AvgIpc) is 3.70. The normalized spacial score (nSPS) is 22.8. The Balaban J connectivity index is 1.77. The third-order valence-electron chi connectivity index (χ3n) is 6.83. The molecule has 0 aromatic heterocycles. The van der Waals surface area contributed by atoms with Crippen LogP contribution in [0.1, 0.15) is 26.7 Å². The summed E-state index contributed by atoms with van der Waals surface area (Å²) in [4.78, 5) is 14.4. The second-order valence-corrected chi connectivity index (χ2v) is 11.5. The molecule has 2 aromatic carbocycles. The number of methoxy groups -OCH3 is 1. The molecule has 0 bridgehead atoms. The predicted molar refractivity (Wildman–Crippen MR) is 133 cm³/mol. The zero-order chi connectivity index (χ0) is 25.3. The van der Waals surface area contributed by atoms with Crippen molar-refractivity contribution in [2.45, 2.75) is 43.7 Å². The van der Waals surface area contributed by atoms with E-state index in [-0.39, 0.29) is 41.5 Å². The van der Waals surface area contributed by atoms with Gasteiger partial charge < -0.3 is 19.5 Å². The summed E-state index contributed by atoms with van der Waals surface area (Å²) in [5.74, 6) is 0.895. The Kier molecular flexibility index (Phi) is 7.40. The molecule has 8 nitrogen and oxygen atoms in total. The van der Waals surface area contributed by atoms with Crippen molar-refractivity contribution in [3.05, 3.63) is 42.5 Å². The van der Waals surface area contributed by atoms with Gasteiger partial charge in [-0.15, -0.1) is 0 Å². The molecule has 4 rings (SSSR count). The lowest BCUT2D eigenvalue weighted by Gasteiger charge is -2.37. The first-order valence-electron chi connectivity index (χ1n) is 12.0. The highest BCUT2D eigenvalue weighted by molar-refractivity contribution is 7.89. The van der Waals surface area contributed by atoms with Crippen LogP contribution in [0.25, 0.3) is 11.1 Å². The fourth-order valence-electron chi connectivity index (χ4n) is 4.43. The third-order valence-corrected chi connectivity index (χ3v) is 8.85. The van der Waals surface area contributed by atoms with Crippen molar-refractivity contribution in [1.82, 2.24) is 9.21 Å². The Labute approximate surface area is 207 Å². The Morgan fingerprint density at radius 3 is 2.60 bits per heavy atom. The van der Waals surface area contributed by atoms with Gasteiger partial charge in [-0.25, -0.2) is 8.42 Å². The van der Waals surface area contributed by atoms with Crippen molar-refractivity contribution < 1.29 is 27.8 Å². The summed E-state index contributed by atoms with van der Waals surface area (Å²) in [7, 11) is -0.561. The van der Waals surface area contributed by atoms with Gasteiger partial charge in [-0.05, 0) is 55.2 Å². The maximum absolute atomic E-state index is 13.7. The number of nitrogens with zero attached hydrogens (tertiary/aromatic N) is 2. The molecule has 0 spiro atoms. The van der Waals surface area contributed by atoms with Crippen LogP contribution in [-0.2, 0) is 14.8 Å². The largest absolute Gasteiger partial charge is 0.497 e. The van der Waals surface area contributed by atoms with Crippen molar-refractivity contribution >= 4 is 15.9 Å². The number of amides is 1. The van der Waals surface area contributed by atoms with Crippen LogP contribution in [0.5, 0.6) is 11.5 Å². The minimum absolute atomic E-state index is 0.0533. The summed E-state index contributed by atoms with van der Waals surface area (Å²) in [6.07, 6.45) is 1.40. The fourth-order valence-corrected chi connectivity index (χ4v) is 6.25. The Morgan fingerprint density at radius 1 is 1.23 bits per heavy atom. The monoisotopic (exact) mass is 502 g/mol. The van der Waals surface area contributed by atoms with Crippen LogP contribution in [0.3, 0.4) is 0 Å². The first-order chi connectivity index (χ1) is 16.6. The van der Waals surface area contributed by atoms with Gasteiger partial charge in [0.05, 0.1) is 20.3 Å². The number of rotatable bonds is 7. The van der Waals surface area contributed by atoms with Crippen molar-refractivity contribution in [1.29, 1.82) is 0 Å². The van der Waals surface area contributed by atoms with E-state index in [1.807, 2.05) is 31.2 Å². The molecule has 190 valence electrons. The molecule has 1 aliphatic heterocycles. The summed E-state index contributed by atoms with van der Waals surface area (Å²) in [5, 5.41) is 9.81. The van der Waals surface area contributed by atoms with Gasteiger partial charge in [0.2, 0.25) is 15.9 Å². The van der Waals surface area contributed by atoms with Crippen LogP contribution in [0, 0.1) is 11.8 Å². The minimum Gasteiger partial charge on any atom is -0.497 e. The minimum atomic E-state index is -3.93. The zero-order valence-corrected chi connectivity index (χ0v) is 21.5. The summed E-state index contributed by atoms with van der Waals surface area (Å²) in [5.41, 5.74) is 1.65. The highest BCUT2D eigenvalue weighted by Crippen LogP contribution is 2.37. The van der Waals surface area contributed by atoms with Gasteiger partial charge in [0.1, 0.15) is 22.5 Å². The van der Waals surface area contributed by atoms with Crippen LogP contribution in [0.2, 0.25) is 0 Å². The van der Waals surface area contributed by atoms with E-state index in [0.717, 1.165) is 24.0 Å². The van der Waals surface area contributed by atoms with Crippen molar-refractivity contribution in [2.24, 2.45) is 11.8 Å². The number of sulfonamides is 1. The second kappa shape index (κ2) is 10.2. The first-order valence-corrected chi connectivity index (χ1v) is 13.4. The number of hydrogen-bond donors (Lipinski definition) is 1. The molecule has 0 radical (unpaired) electrons. The number of ether oxygens (including phenoxy) is 2. The molecular weight excluding hydrogens is 468 g/mol. The molecule has 1 N–H and O–H groups in total. The lowest BCUT2D eigenvalue weighted by molar-refractivity contribution is -0.132. The first kappa shape index (κ1) is 25.5. The molecule has 9 heteroatoms. The summed E-state index contributed by atoms with van der Waals surface area (Å²) < 4.78 is 40.4. The van der Waals surface area contributed by atoms with E-state index in [2.05, 4.69) is 0 Å². The van der Waals surface area contributed by atoms with Crippen molar-refractivity contribution in [2.75, 3.05) is 33.9 Å². The number of carbonyl (C=O) groups excluding carboxylic acids is 1. The number of aliphatic hydroxyl groups excluding tert-OH is 1. The number of benzene rings is 2. The molecule has 0 unspecified atom stereocenters. The van der Waals surface area contributed by atoms with Crippen LogP contribution < -0.4 is 9.47 Å². The highest BCUT2D eigenvalue weighted by Gasteiger charge is 2.39. The number of carbonyl (C=O) groups is 1. The van der Waals surface area contributed by atoms with Crippen molar-refractivity contribution in [3.63, 3.8) is 0 Å². The second-order valence-electron chi connectivity index (χ2n) is 9.63. The lowest BCUT2D eigenvalue weighted by Crippen LogP contribution is -2.50. The highest BCUT2D eigenvalue weighted by atomic mass is 32.2. The molecule has 2 aliphatic rings. The molecular formula is C26H34N2O6S. The number of hydrogen-bond acceptors (Lipinski definition) is 6. The standard InChI is InChI=1S/C26H34N2O6S/c1-17-14-28(18(2)16-29)35(31,32)25-11-10-21(20-6-5-7-22(12-20)33-4)13-23(25)34-24(17)15-27(3)26(30)19-8-9-19/h5-7,10-13,17-19,24,29H,8-9,14-16H2,1-4H3/t17-,18+,24-/m0/s1. The van der Waals surface area contributed by atoms with E-state index in [9.17, 15) is 18.3 Å².